The van der Waals surface area contributed by atoms with Crippen LogP contribution in [-0.2, 0) is 4.79 Å². The van der Waals surface area contributed by atoms with Gasteiger partial charge in [-0.05, 0) is 31.9 Å². The Morgan fingerprint density at radius 3 is 2.79 bits per heavy atom. The van der Waals surface area contributed by atoms with E-state index < -0.39 is 4.92 Å². The second-order valence-corrected chi connectivity index (χ2v) is 4.08. The quantitative estimate of drug-likeness (QED) is 0.255. The van der Waals surface area contributed by atoms with Gasteiger partial charge in [-0.25, -0.2) is 5.84 Å². The fourth-order valence-corrected chi connectivity index (χ4v) is 1.57. The third kappa shape index (κ3) is 4.92. The molecule has 0 bridgehead atoms. The number of nitrogens with two attached hydrogens (primary N) is 1. The highest BCUT2D eigenvalue weighted by molar-refractivity contribution is 5.75. The summed E-state index contributed by atoms with van der Waals surface area (Å²) in [4.78, 5) is 21.1. The molecular formula is C12H17N3O4. The minimum absolute atomic E-state index is 0.0759. The van der Waals surface area contributed by atoms with Gasteiger partial charge in [0.25, 0.3) is 5.69 Å². The van der Waals surface area contributed by atoms with Crippen molar-refractivity contribution in [3.05, 3.63) is 33.9 Å². The molecule has 0 unspecified atom stereocenters. The van der Waals surface area contributed by atoms with Crippen molar-refractivity contribution in [2.45, 2.75) is 26.2 Å². The number of hydrogen-bond acceptors (Lipinski definition) is 5. The zero-order valence-electron chi connectivity index (χ0n) is 10.7. The number of nitro groups is 1. The molecule has 0 aliphatic heterocycles. The fourth-order valence-electron chi connectivity index (χ4n) is 1.57. The van der Waals surface area contributed by atoms with Gasteiger partial charge in [-0.15, -0.1) is 0 Å². The van der Waals surface area contributed by atoms with Crippen molar-refractivity contribution in [1.29, 1.82) is 0 Å². The third-order valence-electron chi connectivity index (χ3n) is 2.59. The standard InChI is InChI=1S/C12H17N3O4/c1-9-8-10(5-6-11(9)15(17)18)19-7-3-2-4-12(16)14-13/h5-6,8H,2-4,7,13H2,1H3,(H,14,16). The molecule has 0 fully saturated rings. The van der Waals surface area contributed by atoms with Crippen LogP contribution in [0, 0.1) is 17.0 Å². The molecule has 7 heteroatoms. The van der Waals surface area contributed by atoms with Gasteiger partial charge in [0.05, 0.1) is 11.5 Å². The van der Waals surface area contributed by atoms with E-state index >= 15 is 0 Å². The topological polar surface area (TPSA) is 107 Å². The summed E-state index contributed by atoms with van der Waals surface area (Å²) in [6.07, 6.45) is 1.75. The number of carbonyl (C=O) groups excluding carboxylic acids is 1. The smallest absolute Gasteiger partial charge is 0.272 e. The van der Waals surface area contributed by atoms with Crippen LogP contribution in [0.5, 0.6) is 5.75 Å². The Bertz CT molecular complexity index is 462. The lowest BCUT2D eigenvalue weighted by molar-refractivity contribution is -0.385. The van der Waals surface area contributed by atoms with Gasteiger partial charge < -0.3 is 4.74 Å². The highest BCUT2D eigenvalue weighted by Gasteiger charge is 2.10. The molecule has 0 aromatic heterocycles. The van der Waals surface area contributed by atoms with Crippen LogP contribution in [0.15, 0.2) is 18.2 Å². The number of ether oxygens (including phenoxy) is 1. The maximum absolute atomic E-state index is 10.9. The lowest BCUT2D eigenvalue weighted by Crippen LogP contribution is -2.29. The average Bonchev–Trinajstić information content (AvgIpc) is 2.37. The number of unbranched alkanes of at least 4 members (excludes halogenated alkanes) is 1. The number of nitrogens with one attached hydrogen (secondary N) is 1. The van der Waals surface area contributed by atoms with Gasteiger partial charge >= 0.3 is 0 Å². The second-order valence-electron chi connectivity index (χ2n) is 4.08. The summed E-state index contributed by atoms with van der Waals surface area (Å²) in [5, 5.41) is 10.6. The molecule has 0 spiro atoms. The van der Waals surface area contributed by atoms with Crippen LogP contribution < -0.4 is 16.0 Å². The molecule has 0 aliphatic rings. The van der Waals surface area contributed by atoms with E-state index in [0.29, 0.717) is 37.2 Å². The van der Waals surface area contributed by atoms with E-state index in [1.165, 1.54) is 6.07 Å². The maximum atomic E-state index is 10.9. The molecule has 1 aromatic rings. The van der Waals surface area contributed by atoms with E-state index in [1.54, 1.807) is 19.1 Å². The molecule has 3 N–H and O–H groups in total. The maximum Gasteiger partial charge on any atom is 0.272 e. The normalized spacial score (nSPS) is 10.0. The first-order chi connectivity index (χ1) is 9.04. The largest absolute Gasteiger partial charge is 0.494 e. The summed E-state index contributed by atoms with van der Waals surface area (Å²) in [6.45, 7) is 2.12. The van der Waals surface area contributed by atoms with Crippen LogP contribution in [-0.4, -0.2) is 17.4 Å². The Kier molecular flexibility index (Phi) is 5.74. The predicted molar refractivity (Wildman–Crippen MR) is 69.5 cm³/mol. The summed E-state index contributed by atoms with van der Waals surface area (Å²) in [5.74, 6) is 5.33. The van der Waals surface area contributed by atoms with Crippen LogP contribution in [0.1, 0.15) is 24.8 Å². The van der Waals surface area contributed by atoms with Crippen molar-refractivity contribution in [3.8, 4) is 5.75 Å². The Labute approximate surface area is 110 Å². The first kappa shape index (κ1) is 14.9. The SMILES string of the molecule is Cc1cc(OCCCCC(=O)NN)ccc1[N+](=O)[O-]. The van der Waals surface area contributed by atoms with Gasteiger partial charge in [0, 0.05) is 18.1 Å². The summed E-state index contributed by atoms with van der Waals surface area (Å²) in [5.41, 5.74) is 2.69. The lowest BCUT2D eigenvalue weighted by atomic mass is 10.2. The van der Waals surface area contributed by atoms with E-state index in [4.69, 9.17) is 10.6 Å². The van der Waals surface area contributed by atoms with E-state index in [2.05, 4.69) is 5.43 Å². The molecule has 0 aliphatic carbocycles. The second kappa shape index (κ2) is 7.32. The molecule has 0 radical (unpaired) electrons. The molecule has 0 atom stereocenters. The molecule has 1 aromatic carbocycles. The van der Waals surface area contributed by atoms with Gasteiger partial charge in [0.1, 0.15) is 5.75 Å². The van der Waals surface area contributed by atoms with E-state index in [0.717, 1.165) is 0 Å². The van der Waals surface area contributed by atoms with Crippen molar-refractivity contribution in [1.82, 2.24) is 5.43 Å². The molecule has 1 amide bonds. The number of carbonyl (C=O) groups is 1. The molecule has 7 nitrogen and oxygen atoms in total. The minimum Gasteiger partial charge on any atom is -0.494 e. The van der Waals surface area contributed by atoms with E-state index in [-0.39, 0.29) is 11.6 Å². The number of hydrogen-bond donors (Lipinski definition) is 2. The number of nitro benzene ring substituents is 1. The van der Waals surface area contributed by atoms with Crippen LogP contribution >= 0.6 is 0 Å². The average molecular weight is 267 g/mol. The van der Waals surface area contributed by atoms with Crippen LogP contribution in [0.4, 0.5) is 5.69 Å². The zero-order valence-corrected chi connectivity index (χ0v) is 10.7. The molecule has 19 heavy (non-hydrogen) atoms. The Morgan fingerprint density at radius 1 is 1.47 bits per heavy atom. The number of rotatable bonds is 7. The number of nitrogens with zero attached hydrogens (tertiary/aromatic N) is 1. The summed E-state index contributed by atoms with van der Waals surface area (Å²) in [7, 11) is 0. The van der Waals surface area contributed by atoms with Crippen LogP contribution in [0.25, 0.3) is 0 Å². The van der Waals surface area contributed by atoms with Crippen molar-refractivity contribution >= 4 is 11.6 Å². The van der Waals surface area contributed by atoms with Gasteiger partial charge in [0.15, 0.2) is 0 Å². The van der Waals surface area contributed by atoms with E-state index in [9.17, 15) is 14.9 Å². The number of amides is 1. The number of hydrazine groups is 1. The van der Waals surface area contributed by atoms with Crippen LogP contribution in [0.3, 0.4) is 0 Å². The van der Waals surface area contributed by atoms with Gasteiger partial charge in [0.2, 0.25) is 5.91 Å². The van der Waals surface area contributed by atoms with Crippen molar-refractivity contribution in [2.24, 2.45) is 5.84 Å². The first-order valence-electron chi connectivity index (χ1n) is 5.92. The predicted octanol–water partition coefficient (Wildman–Crippen LogP) is 1.44. The highest BCUT2D eigenvalue weighted by Crippen LogP contribution is 2.23. The van der Waals surface area contributed by atoms with Gasteiger partial charge in [-0.3, -0.25) is 20.3 Å². The summed E-state index contributed by atoms with van der Waals surface area (Å²) in [6, 6.07) is 4.62. The monoisotopic (exact) mass is 267 g/mol. The highest BCUT2D eigenvalue weighted by atomic mass is 16.6. The first-order valence-corrected chi connectivity index (χ1v) is 5.92. The number of benzene rings is 1. The lowest BCUT2D eigenvalue weighted by Gasteiger charge is -2.07. The molecule has 0 saturated carbocycles. The third-order valence-corrected chi connectivity index (χ3v) is 2.59. The minimum atomic E-state index is -0.426. The number of aryl methyl sites for hydroxylation is 1. The molecule has 0 heterocycles. The molecular weight excluding hydrogens is 250 g/mol. The van der Waals surface area contributed by atoms with Crippen LogP contribution in [0.2, 0.25) is 0 Å². The fraction of sp³-hybridized carbons (Fsp3) is 0.417. The Balaban J connectivity index is 2.36. The molecule has 1 rings (SSSR count). The zero-order chi connectivity index (χ0) is 14.3. The Hall–Kier alpha value is -2.15. The summed E-state index contributed by atoms with van der Waals surface area (Å²) < 4.78 is 5.45. The van der Waals surface area contributed by atoms with Crippen molar-refractivity contribution < 1.29 is 14.5 Å². The van der Waals surface area contributed by atoms with E-state index in [1.807, 2.05) is 0 Å². The molecule has 0 saturated heterocycles. The van der Waals surface area contributed by atoms with Crippen molar-refractivity contribution in [3.63, 3.8) is 0 Å². The molecule has 104 valence electrons. The van der Waals surface area contributed by atoms with Gasteiger partial charge in [-0.2, -0.15) is 0 Å². The van der Waals surface area contributed by atoms with Crippen molar-refractivity contribution in [2.75, 3.05) is 6.61 Å². The summed E-state index contributed by atoms with van der Waals surface area (Å²) >= 11 is 0. The van der Waals surface area contributed by atoms with Gasteiger partial charge in [-0.1, -0.05) is 0 Å². The Morgan fingerprint density at radius 2 is 2.21 bits per heavy atom.